The number of hydrogen-bond donors (Lipinski definition) is 2. The van der Waals surface area contributed by atoms with Crippen LogP contribution in [-0.4, -0.2) is 23.8 Å². The summed E-state index contributed by atoms with van der Waals surface area (Å²) in [5.74, 6) is -0.134. The van der Waals surface area contributed by atoms with E-state index in [1.165, 1.54) is 6.07 Å². The summed E-state index contributed by atoms with van der Waals surface area (Å²) in [5, 5.41) is 12.3. The zero-order valence-corrected chi connectivity index (χ0v) is 9.91. The third-order valence-electron chi connectivity index (χ3n) is 2.57. The molecule has 0 aliphatic carbocycles. The lowest BCUT2D eigenvalue weighted by molar-refractivity contribution is 0.186. The Kier molecular flexibility index (Phi) is 5.43. The van der Waals surface area contributed by atoms with Gasteiger partial charge in [-0.05, 0) is 38.3 Å². The van der Waals surface area contributed by atoms with Crippen LogP contribution in [0.3, 0.4) is 0 Å². The summed E-state index contributed by atoms with van der Waals surface area (Å²) in [6.07, 6.45) is 1.25. The van der Waals surface area contributed by atoms with Crippen molar-refractivity contribution in [3.63, 3.8) is 0 Å². The Bertz CT molecular complexity index is 315. The standard InChI is InChI=1S/C13H20FNO/c1-10(15-9-11(2)16)7-8-12-5-3-4-6-13(12)14/h3-6,10-11,15-16H,7-9H2,1-2H3. The molecular formula is C13H20FNO. The third-order valence-corrected chi connectivity index (χ3v) is 2.57. The Balaban J connectivity index is 2.31. The van der Waals surface area contributed by atoms with Gasteiger partial charge in [0.25, 0.3) is 0 Å². The van der Waals surface area contributed by atoms with Crippen molar-refractivity contribution in [2.24, 2.45) is 0 Å². The van der Waals surface area contributed by atoms with Gasteiger partial charge in [0.05, 0.1) is 6.10 Å². The fraction of sp³-hybridized carbons (Fsp3) is 0.538. The number of halogens is 1. The van der Waals surface area contributed by atoms with Crippen molar-refractivity contribution in [1.82, 2.24) is 5.32 Å². The molecule has 2 N–H and O–H groups in total. The predicted molar refractivity (Wildman–Crippen MR) is 63.9 cm³/mol. The maximum absolute atomic E-state index is 13.3. The molecule has 1 aromatic rings. The van der Waals surface area contributed by atoms with E-state index < -0.39 is 0 Å². The molecule has 2 unspecified atom stereocenters. The molecule has 0 aromatic heterocycles. The van der Waals surface area contributed by atoms with E-state index in [1.54, 1.807) is 13.0 Å². The first-order valence-corrected chi connectivity index (χ1v) is 5.74. The third kappa shape index (κ3) is 4.73. The summed E-state index contributed by atoms with van der Waals surface area (Å²) in [5.41, 5.74) is 0.758. The SMILES string of the molecule is CC(O)CNC(C)CCc1ccccc1F. The van der Waals surface area contributed by atoms with E-state index in [0.717, 1.165) is 18.4 Å². The molecule has 16 heavy (non-hydrogen) atoms. The van der Waals surface area contributed by atoms with Gasteiger partial charge in [0, 0.05) is 12.6 Å². The van der Waals surface area contributed by atoms with Crippen molar-refractivity contribution in [2.75, 3.05) is 6.54 Å². The largest absolute Gasteiger partial charge is 0.392 e. The van der Waals surface area contributed by atoms with Crippen molar-refractivity contribution in [3.8, 4) is 0 Å². The second kappa shape index (κ2) is 6.61. The first kappa shape index (κ1) is 13.1. The first-order valence-electron chi connectivity index (χ1n) is 5.74. The molecule has 0 fully saturated rings. The number of aryl methyl sites for hydroxylation is 1. The van der Waals surface area contributed by atoms with E-state index in [4.69, 9.17) is 5.11 Å². The van der Waals surface area contributed by atoms with E-state index in [1.807, 2.05) is 19.1 Å². The second-order valence-corrected chi connectivity index (χ2v) is 4.29. The highest BCUT2D eigenvalue weighted by Crippen LogP contribution is 2.10. The lowest BCUT2D eigenvalue weighted by Gasteiger charge is -2.15. The Morgan fingerprint density at radius 3 is 2.62 bits per heavy atom. The smallest absolute Gasteiger partial charge is 0.126 e. The summed E-state index contributed by atoms with van der Waals surface area (Å²) < 4.78 is 13.3. The van der Waals surface area contributed by atoms with Crippen LogP contribution in [0.25, 0.3) is 0 Å². The molecule has 0 radical (unpaired) electrons. The number of nitrogens with one attached hydrogen (secondary N) is 1. The highest BCUT2D eigenvalue weighted by atomic mass is 19.1. The summed E-state index contributed by atoms with van der Waals surface area (Å²) in [6.45, 7) is 4.37. The van der Waals surface area contributed by atoms with Gasteiger partial charge in [-0.25, -0.2) is 4.39 Å². The van der Waals surface area contributed by atoms with Crippen molar-refractivity contribution in [3.05, 3.63) is 35.6 Å². The van der Waals surface area contributed by atoms with Crippen molar-refractivity contribution < 1.29 is 9.50 Å². The molecule has 0 bridgehead atoms. The van der Waals surface area contributed by atoms with Gasteiger partial charge >= 0.3 is 0 Å². The molecule has 0 heterocycles. The molecule has 90 valence electrons. The van der Waals surface area contributed by atoms with Gasteiger partial charge in [-0.2, -0.15) is 0 Å². The van der Waals surface area contributed by atoms with Crippen LogP contribution in [0.2, 0.25) is 0 Å². The molecule has 1 rings (SSSR count). The first-order chi connectivity index (χ1) is 7.59. The Labute approximate surface area is 96.5 Å². The lowest BCUT2D eigenvalue weighted by Crippen LogP contribution is -2.32. The topological polar surface area (TPSA) is 32.3 Å². The minimum Gasteiger partial charge on any atom is -0.392 e. The number of aliphatic hydroxyl groups is 1. The van der Waals surface area contributed by atoms with Crippen LogP contribution in [0, 0.1) is 5.82 Å². The summed E-state index contributed by atoms with van der Waals surface area (Å²) in [6, 6.07) is 7.15. The normalized spacial score (nSPS) is 14.8. The van der Waals surface area contributed by atoms with E-state index in [-0.39, 0.29) is 18.0 Å². The minimum absolute atomic E-state index is 0.134. The molecule has 0 aliphatic rings. The zero-order chi connectivity index (χ0) is 12.0. The van der Waals surface area contributed by atoms with E-state index in [0.29, 0.717) is 6.54 Å². The monoisotopic (exact) mass is 225 g/mol. The minimum atomic E-state index is -0.337. The molecule has 0 saturated heterocycles. The highest BCUT2D eigenvalue weighted by Gasteiger charge is 2.05. The van der Waals surface area contributed by atoms with E-state index >= 15 is 0 Å². The molecule has 1 aromatic carbocycles. The van der Waals surface area contributed by atoms with E-state index in [2.05, 4.69) is 5.32 Å². The fourth-order valence-electron chi connectivity index (χ4n) is 1.55. The quantitative estimate of drug-likeness (QED) is 0.777. The van der Waals surface area contributed by atoms with Crippen LogP contribution in [0.15, 0.2) is 24.3 Å². The predicted octanol–water partition coefficient (Wildman–Crippen LogP) is 2.12. The summed E-state index contributed by atoms with van der Waals surface area (Å²) in [4.78, 5) is 0. The zero-order valence-electron chi connectivity index (χ0n) is 9.91. The average Bonchev–Trinajstić information content (AvgIpc) is 2.25. The van der Waals surface area contributed by atoms with Crippen molar-refractivity contribution in [2.45, 2.75) is 38.8 Å². The summed E-state index contributed by atoms with van der Waals surface area (Å²) >= 11 is 0. The van der Waals surface area contributed by atoms with Crippen LogP contribution in [0.1, 0.15) is 25.8 Å². The number of hydrogen-bond acceptors (Lipinski definition) is 2. The molecule has 0 amide bonds. The number of rotatable bonds is 6. The number of benzene rings is 1. The van der Waals surface area contributed by atoms with Crippen LogP contribution < -0.4 is 5.32 Å². The maximum Gasteiger partial charge on any atom is 0.126 e. The van der Waals surface area contributed by atoms with Crippen molar-refractivity contribution in [1.29, 1.82) is 0 Å². The van der Waals surface area contributed by atoms with Crippen LogP contribution >= 0.6 is 0 Å². The molecule has 3 heteroatoms. The van der Waals surface area contributed by atoms with Gasteiger partial charge in [-0.15, -0.1) is 0 Å². The van der Waals surface area contributed by atoms with Crippen LogP contribution in [0.4, 0.5) is 4.39 Å². The van der Waals surface area contributed by atoms with Crippen LogP contribution in [0.5, 0.6) is 0 Å². The van der Waals surface area contributed by atoms with Gasteiger partial charge in [0.15, 0.2) is 0 Å². The molecule has 0 saturated carbocycles. The average molecular weight is 225 g/mol. The molecule has 2 nitrogen and oxygen atoms in total. The van der Waals surface area contributed by atoms with Gasteiger partial charge < -0.3 is 10.4 Å². The van der Waals surface area contributed by atoms with Crippen LogP contribution in [-0.2, 0) is 6.42 Å². The van der Waals surface area contributed by atoms with E-state index in [9.17, 15) is 4.39 Å². The maximum atomic E-state index is 13.3. The molecular weight excluding hydrogens is 205 g/mol. The molecule has 2 atom stereocenters. The second-order valence-electron chi connectivity index (χ2n) is 4.29. The van der Waals surface area contributed by atoms with Gasteiger partial charge in [-0.3, -0.25) is 0 Å². The van der Waals surface area contributed by atoms with Gasteiger partial charge in [0.1, 0.15) is 5.82 Å². The van der Waals surface area contributed by atoms with Crippen molar-refractivity contribution >= 4 is 0 Å². The lowest BCUT2D eigenvalue weighted by atomic mass is 10.1. The van der Waals surface area contributed by atoms with Gasteiger partial charge in [0.2, 0.25) is 0 Å². The Morgan fingerprint density at radius 2 is 2.00 bits per heavy atom. The summed E-state index contributed by atoms with van der Waals surface area (Å²) in [7, 11) is 0. The number of aliphatic hydroxyl groups excluding tert-OH is 1. The highest BCUT2D eigenvalue weighted by molar-refractivity contribution is 5.17. The van der Waals surface area contributed by atoms with Gasteiger partial charge in [-0.1, -0.05) is 18.2 Å². The fourth-order valence-corrected chi connectivity index (χ4v) is 1.55. The molecule has 0 aliphatic heterocycles. The molecule has 0 spiro atoms. The Morgan fingerprint density at radius 1 is 1.31 bits per heavy atom. The Hall–Kier alpha value is -0.930.